The van der Waals surface area contributed by atoms with Gasteiger partial charge >= 0.3 is 0 Å². The average molecular weight is 316 g/mol. The Morgan fingerprint density at radius 1 is 1.33 bits per heavy atom. The van der Waals surface area contributed by atoms with Crippen LogP contribution in [0.3, 0.4) is 0 Å². The van der Waals surface area contributed by atoms with Gasteiger partial charge in [-0.2, -0.15) is 0 Å². The van der Waals surface area contributed by atoms with Gasteiger partial charge in [-0.1, -0.05) is 54.2 Å². The summed E-state index contributed by atoms with van der Waals surface area (Å²) in [5.41, 5.74) is 1.26. The summed E-state index contributed by atoms with van der Waals surface area (Å²) in [6.45, 7) is 0. The fourth-order valence-electron chi connectivity index (χ4n) is 1.83. The van der Waals surface area contributed by atoms with Crippen LogP contribution in [-0.4, -0.2) is 20.8 Å². The topological polar surface area (TPSA) is 66.0 Å². The number of hydrogen-bond acceptors (Lipinski definition) is 5. The number of thioether (sulfide) groups is 1. The average Bonchev–Trinajstić information content (AvgIpc) is 2.88. The van der Waals surface area contributed by atoms with Crippen LogP contribution in [0.15, 0.2) is 51.6 Å². The summed E-state index contributed by atoms with van der Waals surface area (Å²) >= 11 is 2.94. The zero-order valence-electron chi connectivity index (χ0n) is 10.9. The molecule has 0 radical (unpaired) electrons. The van der Waals surface area contributed by atoms with Crippen molar-refractivity contribution in [2.45, 2.75) is 4.34 Å². The van der Waals surface area contributed by atoms with Crippen LogP contribution in [0.25, 0.3) is 16.4 Å². The van der Waals surface area contributed by atoms with Crippen LogP contribution in [0, 0.1) is 0 Å². The largest absolute Gasteiger partial charge is 0.506 e. The number of nitrogens with one attached hydrogen (secondary N) is 1. The standard InChI is InChI=1S/C15H12N2O2S2/c18-11-9-12(19)16-14-13(11)21-15(17-14)20-8-4-7-10-5-2-1-3-6-10/h1-7,9H,8H2,(H2,16,18,19)/b7-4+. The number of H-pyrrole nitrogens is 1. The molecule has 6 heteroatoms. The summed E-state index contributed by atoms with van der Waals surface area (Å²) in [6.07, 6.45) is 4.12. The van der Waals surface area contributed by atoms with E-state index in [0.717, 1.165) is 15.7 Å². The molecule has 3 rings (SSSR count). The monoisotopic (exact) mass is 316 g/mol. The predicted molar refractivity (Wildman–Crippen MR) is 88.1 cm³/mol. The summed E-state index contributed by atoms with van der Waals surface area (Å²) in [5.74, 6) is 0.762. The van der Waals surface area contributed by atoms with Crippen LogP contribution < -0.4 is 5.56 Å². The van der Waals surface area contributed by atoms with Crippen molar-refractivity contribution in [1.82, 2.24) is 9.97 Å². The summed E-state index contributed by atoms with van der Waals surface area (Å²) < 4.78 is 1.43. The van der Waals surface area contributed by atoms with Crippen molar-refractivity contribution in [2.75, 3.05) is 5.75 Å². The summed E-state index contributed by atoms with van der Waals surface area (Å²) in [4.78, 5) is 18.2. The number of rotatable bonds is 4. The van der Waals surface area contributed by atoms with Gasteiger partial charge in [0.05, 0.1) is 0 Å². The zero-order valence-corrected chi connectivity index (χ0v) is 12.6. The van der Waals surface area contributed by atoms with E-state index in [9.17, 15) is 9.90 Å². The molecular formula is C15H12N2O2S2. The SMILES string of the molecule is O=c1cc(O)c2sc(SC/C=C/c3ccccc3)nc2[nH]1. The first-order valence-electron chi connectivity index (χ1n) is 6.29. The highest BCUT2D eigenvalue weighted by atomic mass is 32.2. The molecule has 0 aliphatic rings. The highest BCUT2D eigenvalue weighted by Gasteiger charge is 2.09. The van der Waals surface area contributed by atoms with Gasteiger partial charge in [-0.05, 0) is 5.56 Å². The van der Waals surface area contributed by atoms with E-state index in [2.05, 4.69) is 22.1 Å². The quantitative estimate of drug-likeness (QED) is 0.723. The number of pyridine rings is 1. The van der Waals surface area contributed by atoms with Crippen molar-refractivity contribution >= 4 is 39.5 Å². The second-order valence-corrected chi connectivity index (χ2v) is 6.57. The number of fused-ring (bicyclic) bond motifs is 1. The van der Waals surface area contributed by atoms with Crippen molar-refractivity contribution in [2.24, 2.45) is 0 Å². The lowest BCUT2D eigenvalue weighted by molar-refractivity contribution is 0.481. The molecule has 106 valence electrons. The second kappa shape index (κ2) is 6.15. The van der Waals surface area contributed by atoms with E-state index >= 15 is 0 Å². The molecule has 1 aromatic carbocycles. The molecule has 0 bridgehead atoms. The van der Waals surface area contributed by atoms with Gasteiger partial charge in [-0.15, -0.1) is 11.3 Å². The first-order chi connectivity index (χ1) is 10.2. The van der Waals surface area contributed by atoms with Gasteiger partial charge < -0.3 is 10.1 Å². The van der Waals surface area contributed by atoms with E-state index in [1.165, 1.54) is 17.4 Å². The van der Waals surface area contributed by atoms with Gasteiger partial charge in [0.25, 0.3) is 5.56 Å². The molecule has 0 aliphatic heterocycles. The van der Waals surface area contributed by atoms with Gasteiger partial charge in [-0.3, -0.25) is 4.79 Å². The minimum atomic E-state index is -0.342. The van der Waals surface area contributed by atoms with Crippen molar-refractivity contribution in [3.63, 3.8) is 0 Å². The maximum absolute atomic E-state index is 11.3. The number of aromatic nitrogens is 2. The predicted octanol–water partition coefficient (Wildman–Crippen LogP) is 3.50. The first kappa shape index (κ1) is 13.9. The molecule has 0 unspecified atom stereocenters. The molecule has 0 atom stereocenters. The summed E-state index contributed by atoms with van der Waals surface area (Å²) in [7, 11) is 0. The fraction of sp³-hybridized carbons (Fsp3) is 0.0667. The molecule has 0 aliphatic carbocycles. The molecule has 0 fully saturated rings. The number of aromatic hydroxyl groups is 1. The van der Waals surface area contributed by atoms with Gasteiger partial charge in [0.15, 0.2) is 9.99 Å². The molecule has 3 aromatic rings. The molecule has 0 amide bonds. The van der Waals surface area contributed by atoms with Gasteiger partial charge in [0.1, 0.15) is 10.4 Å². The van der Waals surface area contributed by atoms with Crippen molar-refractivity contribution in [3.05, 3.63) is 58.4 Å². The number of hydrogen-bond donors (Lipinski definition) is 2. The number of nitrogens with zero attached hydrogens (tertiary/aromatic N) is 1. The third-order valence-corrected chi connectivity index (χ3v) is 4.94. The van der Waals surface area contributed by atoms with Crippen molar-refractivity contribution in [1.29, 1.82) is 0 Å². The van der Waals surface area contributed by atoms with Crippen LogP contribution in [-0.2, 0) is 0 Å². The second-order valence-electron chi connectivity index (χ2n) is 4.30. The lowest BCUT2D eigenvalue weighted by atomic mass is 10.2. The van der Waals surface area contributed by atoms with Gasteiger partial charge in [-0.25, -0.2) is 4.98 Å². The maximum atomic E-state index is 11.3. The third kappa shape index (κ3) is 3.34. The maximum Gasteiger partial charge on any atom is 0.253 e. The van der Waals surface area contributed by atoms with Crippen LogP contribution >= 0.6 is 23.1 Å². The molecular weight excluding hydrogens is 304 g/mol. The van der Waals surface area contributed by atoms with E-state index in [0.29, 0.717) is 10.3 Å². The Morgan fingerprint density at radius 2 is 2.14 bits per heavy atom. The van der Waals surface area contributed by atoms with Crippen LogP contribution in [0.4, 0.5) is 0 Å². The molecule has 2 N–H and O–H groups in total. The first-order valence-corrected chi connectivity index (χ1v) is 8.10. The van der Waals surface area contributed by atoms with E-state index in [4.69, 9.17) is 0 Å². The van der Waals surface area contributed by atoms with Gasteiger partial charge in [0, 0.05) is 11.8 Å². The molecule has 4 nitrogen and oxygen atoms in total. The number of aromatic amines is 1. The minimum Gasteiger partial charge on any atom is -0.506 e. The molecule has 2 heterocycles. The number of thiazole rings is 1. The summed E-state index contributed by atoms with van der Waals surface area (Å²) in [6, 6.07) is 11.2. The lowest BCUT2D eigenvalue weighted by Gasteiger charge is -1.92. The van der Waals surface area contributed by atoms with Crippen LogP contribution in [0.5, 0.6) is 5.75 Å². The Morgan fingerprint density at radius 3 is 2.95 bits per heavy atom. The fourth-order valence-corrected chi connectivity index (χ4v) is 3.68. The van der Waals surface area contributed by atoms with Gasteiger partial charge in [0.2, 0.25) is 0 Å². The smallest absolute Gasteiger partial charge is 0.253 e. The third-order valence-electron chi connectivity index (χ3n) is 2.76. The Hall–Kier alpha value is -2.05. The zero-order chi connectivity index (χ0) is 14.7. The number of benzene rings is 1. The highest BCUT2D eigenvalue weighted by Crippen LogP contribution is 2.32. The summed E-state index contributed by atoms with van der Waals surface area (Å²) in [5, 5.41) is 9.71. The van der Waals surface area contributed by atoms with E-state index in [1.807, 2.05) is 30.3 Å². The Bertz CT molecular complexity index is 838. The Kier molecular flexibility index (Phi) is 4.08. The van der Waals surface area contributed by atoms with E-state index < -0.39 is 0 Å². The lowest BCUT2D eigenvalue weighted by Crippen LogP contribution is -2.02. The normalized spacial score (nSPS) is 11.4. The highest BCUT2D eigenvalue weighted by molar-refractivity contribution is 8.01. The Balaban J connectivity index is 1.70. The Labute approximate surface area is 129 Å². The van der Waals surface area contributed by atoms with Crippen molar-refractivity contribution in [3.8, 4) is 5.75 Å². The molecule has 0 spiro atoms. The van der Waals surface area contributed by atoms with Crippen molar-refractivity contribution < 1.29 is 5.11 Å². The molecule has 0 saturated heterocycles. The van der Waals surface area contributed by atoms with Crippen LogP contribution in [0.2, 0.25) is 0 Å². The van der Waals surface area contributed by atoms with E-state index in [1.54, 1.807) is 11.8 Å². The minimum absolute atomic E-state index is 0.0158. The molecule has 21 heavy (non-hydrogen) atoms. The molecule has 2 aromatic heterocycles. The van der Waals surface area contributed by atoms with E-state index in [-0.39, 0.29) is 11.3 Å². The molecule has 0 saturated carbocycles. The van der Waals surface area contributed by atoms with Crippen LogP contribution in [0.1, 0.15) is 5.56 Å².